The molecule has 6 heterocycles. The molecule has 0 saturated carbocycles. The quantitative estimate of drug-likeness (QED) is 0.186. The van der Waals surface area contributed by atoms with Crippen molar-refractivity contribution in [3.63, 3.8) is 0 Å². The van der Waals surface area contributed by atoms with E-state index in [1.807, 2.05) is 12.1 Å². The van der Waals surface area contributed by atoms with Gasteiger partial charge >= 0.3 is 11.9 Å². The Morgan fingerprint density at radius 3 is 2.50 bits per heavy atom. The van der Waals surface area contributed by atoms with Crippen LogP contribution in [0, 0.1) is 5.92 Å². The number of esters is 2. The fourth-order valence-electron chi connectivity index (χ4n) is 7.68. The number of allylic oxidation sites excluding steroid dienone is 2. The Kier molecular flexibility index (Phi) is 10.8. The molecule has 5 aliphatic rings. The number of hydrogen-bond donors (Lipinski definition) is 0. The Hall–Kier alpha value is -3.41. The van der Waals surface area contributed by atoms with Gasteiger partial charge in [0.2, 0.25) is 0 Å². The van der Waals surface area contributed by atoms with Gasteiger partial charge in [-0.3, -0.25) is 14.8 Å². The molecule has 3 aromatic rings. The summed E-state index contributed by atoms with van der Waals surface area (Å²) in [5, 5.41) is 0.763. The summed E-state index contributed by atoms with van der Waals surface area (Å²) in [6.45, 7) is 4.28. The second-order valence-electron chi connectivity index (χ2n) is 13.3. The number of pyridine rings is 1. The first-order valence-electron chi connectivity index (χ1n) is 17.2. The van der Waals surface area contributed by atoms with Gasteiger partial charge in [-0.15, -0.1) is 11.3 Å². The third kappa shape index (κ3) is 7.46. The Balaban J connectivity index is 1.10. The zero-order chi connectivity index (χ0) is 34.8. The van der Waals surface area contributed by atoms with E-state index in [1.54, 1.807) is 32.4 Å². The number of thiophene rings is 1. The zero-order valence-electron chi connectivity index (χ0n) is 28.2. The Morgan fingerprint density at radius 2 is 1.78 bits per heavy atom. The summed E-state index contributed by atoms with van der Waals surface area (Å²) in [6, 6.07) is 8.70. The van der Waals surface area contributed by atoms with Gasteiger partial charge in [0.15, 0.2) is 11.5 Å². The van der Waals surface area contributed by atoms with E-state index < -0.39 is 18.1 Å². The van der Waals surface area contributed by atoms with Gasteiger partial charge in [-0.2, -0.15) is 0 Å². The molecule has 0 N–H and O–H groups in total. The molecule has 4 aliphatic heterocycles. The monoisotopic (exact) mass is 737 g/mol. The highest BCUT2D eigenvalue weighted by Crippen LogP contribution is 2.38. The maximum Gasteiger partial charge on any atom is 0.348 e. The minimum absolute atomic E-state index is 0.0457. The van der Waals surface area contributed by atoms with E-state index in [0.717, 1.165) is 63.2 Å². The van der Waals surface area contributed by atoms with Crippen molar-refractivity contribution in [2.75, 3.05) is 40.4 Å². The molecule has 0 radical (unpaired) electrons. The number of carbonyl (C=O) groups excluding carboxylic acids is 2. The summed E-state index contributed by atoms with van der Waals surface area (Å²) in [6.07, 6.45) is 11.7. The number of methoxy groups -OCH3 is 2. The molecular formula is C38H41Cl2N3O6S. The average Bonchev–Trinajstić information content (AvgIpc) is 3.61. The molecule has 12 heteroatoms. The molecule has 0 spiro atoms. The average molecular weight is 739 g/mol. The molecule has 0 amide bonds. The number of benzene rings is 1. The van der Waals surface area contributed by atoms with E-state index >= 15 is 0 Å². The van der Waals surface area contributed by atoms with Crippen molar-refractivity contribution in [2.45, 2.75) is 63.3 Å². The summed E-state index contributed by atoms with van der Waals surface area (Å²) in [7, 11) is 3.12. The second kappa shape index (κ2) is 15.5. The van der Waals surface area contributed by atoms with Crippen molar-refractivity contribution >= 4 is 46.5 Å². The van der Waals surface area contributed by atoms with E-state index in [4.69, 9.17) is 42.1 Å². The van der Waals surface area contributed by atoms with E-state index in [2.05, 4.69) is 26.9 Å². The third-order valence-electron chi connectivity index (χ3n) is 10.4. The smallest absolute Gasteiger partial charge is 0.348 e. The molecule has 1 aliphatic carbocycles. The standard InChI is InChI=1S/C38H41Cl2N3O6S/c1-46-31-9-7-25(17-33(31)47-2)32(18-28-29(39)19-41-20-30(28)40)48-37(44)35-10-8-26(50-35)21-43-16-13-23-5-3-4-6-27(23)36(43)38(45)49-34-22-42-14-11-24(34)12-15-42/h3,5,7-10,17,19-20,24,32,34,36H,4,6,11-16,18,21-22H2,1-2H3/t32-,34-,36?/m0/s1. The fourth-order valence-corrected chi connectivity index (χ4v) is 9.12. The van der Waals surface area contributed by atoms with E-state index in [9.17, 15) is 9.59 Å². The van der Waals surface area contributed by atoms with Crippen molar-refractivity contribution in [1.29, 1.82) is 0 Å². The normalized spacial score (nSPS) is 23.7. The highest BCUT2D eigenvalue weighted by atomic mass is 35.5. The van der Waals surface area contributed by atoms with Gasteiger partial charge in [0, 0.05) is 43.3 Å². The van der Waals surface area contributed by atoms with Crippen LogP contribution in [-0.2, 0) is 27.2 Å². The van der Waals surface area contributed by atoms with Crippen LogP contribution in [0.15, 0.2) is 66.0 Å². The van der Waals surface area contributed by atoms with E-state index in [1.165, 1.54) is 34.9 Å². The third-order valence-corrected chi connectivity index (χ3v) is 12.1. The number of ether oxygens (including phenoxy) is 4. The number of hydrogen-bond acceptors (Lipinski definition) is 10. The van der Waals surface area contributed by atoms with Crippen molar-refractivity contribution in [3.8, 4) is 11.5 Å². The van der Waals surface area contributed by atoms with Gasteiger partial charge in [0.05, 0.1) is 24.3 Å². The summed E-state index contributed by atoms with van der Waals surface area (Å²) in [5.74, 6) is 0.890. The van der Waals surface area contributed by atoms with Gasteiger partial charge in [-0.25, -0.2) is 9.59 Å². The molecule has 8 rings (SSSR count). The number of halogens is 2. The van der Waals surface area contributed by atoms with E-state index in [0.29, 0.717) is 50.0 Å². The van der Waals surface area contributed by atoms with Crippen LogP contribution in [0.3, 0.4) is 0 Å². The predicted octanol–water partition coefficient (Wildman–Crippen LogP) is 7.47. The summed E-state index contributed by atoms with van der Waals surface area (Å²) in [5.41, 5.74) is 3.75. The van der Waals surface area contributed by atoms with Crippen LogP contribution in [0.1, 0.15) is 63.9 Å². The molecule has 9 nitrogen and oxygen atoms in total. The number of rotatable bonds is 11. The number of aromatic nitrogens is 1. The molecule has 3 fully saturated rings. The first kappa shape index (κ1) is 35.0. The predicted molar refractivity (Wildman–Crippen MR) is 193 cm³/mol. The lowest BCUT2D eigenvalue weighted by Gasteiger charge is -2.45. The van der Waals surface area contributed by atoms with Crippen LogP contribution in [-0.4, -0.2) is 79.3 Å². The topological polar surface area (TPSA) is 90.4 Å². The Morgan fingerprint density at radius 1 is 1.00 bits per heavy atom. The second-order valence-corrected chi connectivity index (χ2v) is 15.3. The number of nitrogens with zero attached hydrogens (tertiary/aromatic N) is 3. The van der Waals surface area contributed by atoms with E-state index in [-0.39, 0.29) is 18.5 Å². The number of carbonyl (C=O) groups is 2. The first-order chi connectivity index (χ1) is 24.3. The van der Waals surface area contributed by atoms with Crippen LogP contribution in [0.5, 0.6) is 11.5 Å². The highest BCUT2D eigenvalue weighted by molar-refractivity contribution is 7.13. The molecule has 3 saturated heterocycles. The Labute approximate surface area is 306 Å². The number of piperidine rings is 3. The van der Waals surface area contributed by atoms with Crippen molar-refractivity contribution in [2.24, 2.45) is 5.92 Å². The highest BCUT2D eigenvalue weighted by Gasteiger charge is 2.41. The molecule has 2 aromatic heterocycles. The lowest BCUT2D eigenvalue weighted by Crippen LogP contribution is -2.54. The molecule has 50 heavy (non-hydrogen) atoms. The van der Waals surface area contributed by atoms with Gasteiger partial charge in [0.25, 0.3) is 0 Å². The lowest BCUT2D eigenvalue weighted by atomic mass is 9.84. The Bertz CT molecular complexity index is 1780. The molecule has 264 valence electrons. The fraction of sp³-hybridized carbons (Fsp3) is 0.447. The SMILES string of the molecule is COc1ccc([C@H](Cc2c(Cl)cncc2Cl)OC(=O)c2ccc(CN3CCC4=C(CCC=C4)C3C(=O)O[C@H]3CN4CCC3CC4)s2)cc1OC. The van der Waals surface area contributed by atoms with Crippen LogP contribution in [0.25, 0.3) is 0 Å². The number of fused-ring (bicyclic) bond motifs is 3. The summed E-state index contributed by atoms with van der Waals surface area (Å²) in [4.78, 5) is 37.9. The molecule has 2 bridgehead atoms. The maximum absolute atomic E-state index is 14.0. The molecule has 3 atom stereocenters. The molecule has 1 aromatic carbocycles. The van der Waals surface area contributed by atoms with Gasteiger partial charge in [-0.1, -0.05) is 41.4 Å². The minimum Gasteiger partial charge on any atom is -0.493 e. The van der Waals surface area contributed by atoms with Gasteiger partial charge in [0.1, 0.15) is 23.1 Å². The largest absolute Gasteiger partial charge is 0.493 e. The van der Waals surface area contributed by atoms with Crippen LogP contribution in [0.4, 0.5) is 0 Å². The van der Waals surface area contributed by atoms with Crippen molar-refractivity contribution < 1.29 is 28.5 Å². The van der Waals surface area contributed by atoms with Crippen LogP contribution >= 0.6 is 34.5 Å². The van der Waals surface area contributed by atoms with Crippen molar-refractivity contribution in [3.05, 3.63) is 97.0 Å². The van der Waals surface area contributed by atoms with Gasteiger partial charge < -0.3 is 18.9 Å². The summed E-state index contributed by atoms with van der Waals surface area (Å²) < 4.78 is 23.5. The molecular weight excluding hydrogens is 697 g/mol. The lowest BCUT2D eigenvalue weighted by molar-refractivity contribution is -0.164. The van der Waals surface area contributed by atoms with Gasteiger partial charge in [-0.05, 0) is 97.7 Å². The first-order valence-corrected chi connectivity index (χ1v) is 18.7. The summed E-state index contributed by atoms with van der Waals surface area (Å²) >= 11 is 14.4. The minimum atomic E-state index is -0.734. The van der Waals surface area contributed by atoms with Crippen LogP contribution in [0.2, 0.25) is 10.0 Å². The van der Waals surface area contributed by atoms with Crippen molar-refractivity contribution in [1.82, 2.24) is 14.8 Å². The maximum atomic E-state index is 14.0. The zero-order valence-corrected chi connectivity index (χ0v) is 30.6. The van der Waals surface area contributed by atoms with Crippen LogP contribution < -0.4 is 9.47 Å². The molecule has 1 unspecified atom stereocenters.